The second-order valence-corrected chi connectivity index (χ2v) is 6.21. The van der Waals surface area contributed by atoms with E-state index in [1.807, 2.05) is 24.3 Å². The molecule has 0 spiro atoms. The smallest absolute Gasteiger partial charge is 0.255 e. The molecule has 6 heteroatoms. The van der Waals surface area contributed by atoms with Gasteiger partial charge in [0.1, 0.15) is 0 Å². The Morgan fingerprint density at radius 3 is 2.48 bits per heavy atom. The molecule has 3 nitrogen and oxygen atoms in total. The Hall–Kier alpha value is -1.43. The van der Waals surface area contributed by atoms with Crippen molar-refractivity contribution in [1.82, 2.24) is 0 Å². The van der Waals surface area contributed by atoms with E-state index in [4.69, 9.17) is 29.6 Å². The predicted molar refractivity (Wildman–Crippen MR) is 94.0 cm³/mol. The molecule has 0 aliphatic carbocycles. The van der Waals surface area contributed by atoms with Crippen molar-refractivity contribution in [3.63, 3.8) is 0 Å². The zero-order valence-corrected chi connectivity index (χ0v) is 14.1. The zero-order chi connectivity index (χ0) is 15.4. The molecular formula is C15H12BrClN2OS. The van der Waals surface area contributed by atoms with Gasteiger partial charge in [-0.2, -0.15) is 0 Å². The SMILES string of the molecule is NC(=S)Cc1ccc(NC(=O)c2ccc(Br)c(Cl)c2)cc1. The Labute approximate surface area is 141 Å². The molecule has 0 saturated heterocycles. The maximum absolute atomic E-state index is 12.1. The molecule has 0 aromatic heterocycles. The molecule has 0 aliphatic rings. The minimum Gasteiger partial charge on any atom is -0.393 e. The first-order chi connectivity index (χ1) is 9.95. The first kappa shape index (κ1) is 15.9. The fraction of sp³-hybridized carbons (Fsp3) is 0.0667. The van der Waals surface area contributed by atoms with Gasteiger partial charge in [-0.3, -0.25) is 4.79 Å². The molecule has 0 fully saturated rings. The van der Waals surface area contributed by atoms with E-state index in [0.29, 0.717) is 27.7 Å². The predicted octanol–water partition coefficient (Wildman–Crippen LogP) is 4.18. The summed E-state index contributed by atoms with van der Waals surface area (Å²) >= 11 is 14.1. The van der Waals surface area contributed by atoms with E-state index < -0.39 is 0 Å². The molecule has 0 heterocycles. The summed E-state index contributed by atoms with van der Waals surface area (Å²) in [7, 11) is 0. The molecule has 0 bridgehead atoms. The van der Waals surface area contributed by atoms with E-state index in [-0.39, 0.29) is 5.91 Å². The number of thiocarbonyl (C=S) groups is 1. The molecule has 0 unspecified atom stereocenters. The highest BCUT2D eigenvalue weighted by Crippen LogP contribution is 2.23. The minimum atomic E-state index is -0.216. The van der Waals surface area contributed by atoms with Crippen LogP contribution in [0.4, 0.5) is 5.69 Å². The molecule has 108 valence electrons. The Morgan fingerprint density at radius 2 is 1.90 bits per heavy atom. The van der Waals surface area contributed by atoms with Crippen molar-refractivity contribution in [2.45, 2.75) is 6.42 Å². The number of anilines is 1. The first-order valence-corrected chi connectivity index (χ1v) is 7.67. The van der Waals surface area contributed by atoms with Gasteiger partial charge in [0.05, 0.1) is 10.0 Å². The summed E-state index contributed by atoms with van der Waals surface area (Å²) in [5.74, 6) is -0.216. The van der Waals surface area contributed by atoms with Crippen LogP contribution in [-0.4, -0.2) is 10.9 Å². The van der Waals surface area contributed by atoms with E-state index in [1.165, 1.54) is 0 Å². The molecular weight excluding hydrogens is 372 g/mol. The minimum absolute atomic E-state index is 0.216. The summed E-state index contributed by atoms with van der Waals surface area (Å²) in [5.41, 5.74) is 7.69. The van der Waals surface area contributed by atoms with Crippen LogP contribution in [0.5, 0.6) is 0 Å². The summed E-state index contributed by atoms with van der Waals surface area (Å²) in [6.07, 6.45) is 0.547. The van der Waals surface area contributed by atoms with Crippen molar-refractivity contribution in [2.75, 3.05) is 5.32 Å². The van der Waals surface area contributed by atoms with Crippen LogP contribution in [0.1, 0.15) is 15.9 Å². The number of halogens is 2. The lowest BCUT2D eigenvalue weighted by atomic mass is 10.1. The number of amides is 1. The summed E-state index contributed by atoms with van der Waals surface area (Å²) < 4.78 is 0.753. The molecule has 2 rings (SSSR count). The van der Waals surface area contributed by atoms with Gasteiger partial charge in [0.2, 0.25) is 0 Å². The molecule has 2 aromatic rings. The molecule has 0 atom stereocenters. The van der Waals surface area contributed by atoms with Crippen molar-refractivity contribution >= 4 is 56.3 Å². The summed E-state index contributed by atoms with van der Waals surface area (Å²) in [6.45, 7) is 0. The highest BCUT2D eigenvalue weighted by atomic mass is 79.9. The maximum Gasteiger partial charge on any atom is 0.255 e. The third-order valence-corrected chi connectivity index (χ3v) is 4.15. The molecule has 2 aromatic carbocycles. The highest BCUT2D eigenvalue weighted by molar-refractivity contribution is 9.10. The Bertz CT molecular complexity index is 689. The second-order valence-electron chi connectivity index (χ2n) is 4.42. The molecule has 0 aliphatic heterocycles. The third kappa shape index (κ3) is 4.52. The lowest BCUT2D eigenvalue weighted by Crippen LogP contribution is -2.13. The average molecular weight is 384 g/mol. The van der Waals surface area contributed by atoms with Gasteiger partial charge in [0.25, 0.3) is 5.91 Å². The van der Waals surface area contributed by atoms with Crippen LogP contribution < -0.4 is 11.1 Å². The van der Waals surface area contributed by atoms with Crippen LogP contribution in [0, 0.1) is 0 Å². The lowest BCUT2D eigenvalue weighted by molar-refractivity contribution is 0.102. The van der Waals surface area contributed by atoms with Crippen LogP contribution in [0.25, 0.3) is 0 Å². The first-order valence-electron chi connectivity index (χ1n) is 6.09. The normalized spacial score (nSPS) is 10.2. The Balaban J connectivity index is 2.08. The molecule has 1 amide bonds. The molecule has 3 N–H and O–H groups in total. The fourth-order valence-electron chi connectivity index (χ4n) is 1.75. The van der Waals surface area contributed by atoms with Gasteiger partial charge < -0.3 is 11.1 Å². The van der Waals surface area contributed by atoms with Gasteiger partial charge >= 0.3 is 0 Å². The summed E-state index contributed by atoms with van der Waals surface area (Å²) in [6, 6.07) is 12.4. The van der Waals surface area contributed by atoms with Crippen molar-refractivity contribution in [3.05, 3.63) is 63.1 Å². The number of hydrogen-bond acceptors (Lipinski definition) is 2. The highest BCUT2D eigenvalue weighted by Gasteiger charge is 2.08. The average Bonchev–Trinajstić information content (AvgIpc) is 2.43. The number of benzene rings is 2. The zero-order valence-electron chi connectivity index (χ0n) is 10.9. The van der Waals surface area contributed by atoms with Crippen LogP contribution >= 0.6 is 39.7 Å². The number of hydrogen-bond donors (Lipinski definition) is 2. The number of carbonyl (C=O) groups excluding carboxylic acids is 1. The summed E-state index contributed by atoms with van der Waals surface area (Å²) in [5, 5.41) is 3.30. The quantitative estimate of drug-likeness (QED) is 0.779. The van der Waals surface area contributed by atoms with Crippen LogP contribution in [0.15, 0.2) is 46.9 Å². The fourth-order valence-corrected chi connectivity index (χ4v) is 2.34. The summed E-state index contributed by atoms with van der Waals surface area (Å²) in [4.78, 5) is 12.6. The van der Waals surface area contributed by atoms with E-state index in [9.17, 15) is 4.79 Å². The number of rotatable bonds is 4. The van der Waals surface area contributed by atoms with Gasteiger partial charge in [-0.1, -0.05) is 36.0 Å². The van der Waals surface area contributed by atoms with E-state index in [1.54, 1.807) is 18.2 Å². The monoisotopic (exact) mass is 382 g/mol. The van der Waals surface area contributed by atoms with Gasteiger partial charge in [-0.15, -0.1) is 0 Å². The lowest BCUT2D eigenvalue weighted by Gasteiger charge is -2.07. The van der Waals surface area contributed by atoms with Crippen molar-refractivity contribution in [1.29, 1.82) is 0 Å². The van der Waals surface area contributed by atoms with Crippen molar-refractivity contribution in [2.24, 2.45) is 5.73 Å². The van der Waals surface area contributed by atoms with Crippen LogP contribution in [0.2, 0.25) is 5.02 Å². The molecule has 21 heavy (non-hydrogen) atoms. The van der Waals surface area contributed by atoms with Gasteiger partial charge in [0.15, 0.2) is 0 Å². The molecule has 0 radical (unpaired) electrons. The number of nitrogens with one attached hydrogen (secondary N) is 1. The molecule has 0 saturated carbocycles. The number of nitrogens with two attached hydrogens (primary N) is 1. The largest absolute Gasteiger partial charge is 0.393 e. The van der Waals surface area contributed by atoms with E-state index in [0.717, 1.165) is 10.0 Å². The van der Waals surface area contributed by atoms with Gasteiger partial charge in [-0.05, 0) is 51.8 Å². The third-order valence-electron chi connectivity index (χ3n) is 2.77. The Kier molecular flexibility index (Phi) is 5.33. The standard InChI is InChI=1S/C15H12BrClN2OS/c16-12-6-3-10(8-13(12)17)15(20)19-11-4-1-9(2-5-11)7-14(18)21/h1-6,8H,7H2,(H2,18,21)(H,19,20). The van der Waals surface area contributed by atoms with Crippen molar-refractivity contribution < 1.29 is 4.79 Å². The Morgan fingerprint density at radius 1 is 1.24 bits per heavy atom. The topological polar surface area (TPSA) is 55.1 Å². The second kappa shape index (κ2) is 7.02. The van der Waals surface area contributed by atoms with Crippen LogP contribution in [0.3, 0.4) is 0 Å². The van der Waals surface area contributed by atoms with Gasteiger partial charge in [0, 0.05) is 22.1 Å². The number of carbonyl (C=O) groups is 1. The van der Waals surface area contributed by atoms with E-state index in [2.05, 4.69) is 21.2 Å². The van der Waals surface area contributed by atoms with Crippen molar-refractivity contribution in [3.8, 4) is 0 Å². The van der Waals surface area contributed by atoms with Crippen LogP contribution in [-0.2, 0) is 6.42 Å². The van der Waals surface area contributed by atoms with Gasteiger partial charge in [-0.25, -0.2) is 0 Å². The van der Waals surface area contributed by atoms with E-state index >= 15 is 0 Å². The maximum atomic E-state index is 12.1.